The van der Waals surface area contributed by atoms with Gasteiger partial charge in [0.25, 0.3) is 0 Å². The predicted octanol–water partition coefficient (Wildman–Crippen LogP) is 3.80. The van der Waals surface area contributed by atoms with Crippen molar-refractivity contribution in [1.29, 1.82) is 0 Å². The van der Waals surface area contributed by atoms with Crippen molar-refractivity contribution in [3.8, 4) is 0 Å². The van der Waals surface area contributed by atoms with E-state index in [1.807, 2.05) is 13.1 Å². The van der Waals surface area contributed by atoms with Crippen molar-refractivity contribution < 1.29 is 0 Å². The molecule has 0 saturated heterocycles. The summed E-state index contributed by atoms with van der Waals surface area (Å²) in [6, 6.07) is 8.56. The normalized spacial score (nSPS) is 9.38. The monoisotopic (exact) mass is 215 g/mol. The Bertz CT molecular complexity index is 333. The van der Waals surface area contributed by atoms with Crippen LogP contribution in [0.2, 0.25) is 0 Å². The minimum absolute atomic E-state index is 0.921. The Morgan fingerprint density at radius 3 is 2.25 bits per heavy atom. The molecule has 0 aliphatic carbocycles. The molecular weight excluding hydrogens is 194 g/mol. The first-order valence-electron chi connectivity index (χ1n) is 5.40. The average Bonchev–Trinajstić information content (AvgIpc) is 2.38. The summed E-state index contributed by atoms with van der Waals surface area (Å²) in [5.74, 6) is 0. The van der Waals surface area contributed by atoms with Crippen molar-refractivity contribution in [3.05, 3.63) is 66.9 Å². The number of aryl methyl sites for hydroxylation is 1. The average molecular weight is 215 g/mol. The molecule has 1 heteroatoms. The van der Waals surface area contributed by atoms with E-state index in [2.05, 4.69) is 62.3 Å². The summed E-state index contributed by atoms with van der Waals surface area (Å²) in [5.41, 5.74) is 3.50. The topological polar surface area (TPSA) is 12.0 Å². The molecule has 1 aromatic carbocycles. The van der Waals surface area contributed by atoms with Gasteiger partial charge >= 0.3 is 0 Å². The van der Waals surface area contributed by atoms with Crippen molar-refractivity contribution >= 4 is 6.08 Å². The minimum atomic E-state index is 0.921. The Balaban J connectivity index is 0.00000106. The Kier molecular flexibility index (Phi) is 7.60. The summed E-state index contributed by atoms with van der Waals surface area (Å²) in [4.78, 5) is 0. The van der Waals surface area contributed by atoms with E-state index in [9.17, 15) is 0 Å². The lowest BCUT2D eigenvalue weighted by Crippen LogP contribution is -2.00. The molecule has 0 atom stereocenters. The molecule has 86 valence electrons. The van der Waals surface area contributed by atoms with E-state index >= 15 is 0 Å². The van der Waals surface area contributed by atoms with E-state index in [0.29, 0.717) is 0 Å². The molecule has 0 saturated carbocycles. The van der Waals surface area contributed by atoms with Crippen molar-refractivity contribution in [3.63, 3.8) is 0 Å². The fourth-order valence-electron chi connectivity index (χ4n) is 1.14. The lowest BCUT2D eigenvalue weighted by Gasteiger charge is -1.98. The van der Waals surface area contributed by atoms with E-state index in [0.717, 1.165) is 12.1 Å². The summed E-state index contributed by atoms with van der Waals surface area (Å²) in [6.07, 6.45) is 5.12. The van der Waals surface area contributed by atoms with Crippen LogP contribution in [0.1, 0.15) is 18.1 Å². The Hall–Kier alpha value is -1.76. The molecule has 1 N–H and O–H groups in total. The fourth-order valence-corrected chi connectivity index (χ4v) is 1.14. The van der Waals surface area contributed by atoms with Crippen LogP contribution in [-0.2, 0) is 6.42 Å². The number of hydrogen-bond acceptors (Lipinski definition) is 1. The van der Waals surface area contributed by atoms with Gasteiger partial charge in [-0.1, -0.05) is 43.8 Å². The van der Waals surface area contributed by atoms with Gasteiger partial charge in [0.2, 0.25) is 0 Å². The van der Waals surface area contributed by atoms with Crippen LogP contribution in [0.25, 0.3) is 6.08 Å². The lowest BCUT2D eigenvalue weighted by atomic mass is 10.1. The van der Waals surface area contributed by atoms with Crippen LogP contribution < -0.4 is 5.32 Å². The zero-order valence-corrected chi connectivity index (χ0v) is 10.3. The second kappa shape index (κ2) is 8.54. The molecular formula is C15H21N. The molecule has 0 unspecified atom stereocenters. The van der Waals surface area contributed by atoms with E-state index in [1.54, 1.807) is 0 Å². The fraction of sp³-hybridized carbons (Fsp3) is 0.200. The molecule has 1 rings (SSSR count). The van der Waals surface area contributed by atoms with Gasteiger partial charge in [-0.15, -0.1) is 13.2 Å². The molecule has 0 aromatic heterocycles. The van der Waals surface area contributed by atoms with Gasteiger partial charge in [0.1, 0.15) is 0 Å². The van der Waals surface area contributed by atoms with Crippen molar-refractivity contribution in [2.45, 2.75) is 13.3 Å². The van der Waals surface area contributed by atoms with Gasteiger partial charge in [-0.25, -0.2) is 0 Å². The number of allylic oxidation sites excluding steroid dienone is 1. The number of likely N-dealkylation sites (N-methyl/N-ethyl adjacent to an activating group) is 1. The first-order chi connectivity index (χ1) is 7.76. The van der Waals surface area contributed by atoms with E-state index in [1.165, 1.54) is 11.1 Å². The first-order valence-corrected chi connectivity index (χ1v) is 5.40. The van der Waals surface area contributed by atoms with E-state index in [4.69, 9.17) is 0 Å². The Morgan fingerprint density at radius 1 is 1.25 bits per heavy atom. The number of hydrogen-bond donors (Lipinski definition) is 1. The van der Waals surface area contributed by atoms with Crippen LogP contribution in [0.5, 0.6) is 0 Å². The molecule has 0 spiro atoms. The van der Waals surface area contributed by atoms with Crippen molar-refractivity contribution in [2.24, 2.45) is 0 Å². The highest BCUT2D eigenvalue weighted by Crippen LogP contribution is 2.07. The third kappa shape index (κ3) is 5.20. The van der Waals surface area contributed by atoms with E-state index < -0.39 is 0 Å². The van der Waals surface area contributed by atoms with Crippen molar-refractivity contribution in [1.82, 2.24) is 5.32 Å². The van der Waals surface area contributed by atoms with Crippen LogP contribution in [0.3, 0.4) is 0 Å². The van der Waals surface area contributed by atoms with Crippen LogP contribution in [0.15, 0.2) is 55.8 Å². The number of rotatable bonds is 4. The minimum Gasteiger partial charge on any atom is -0.389 e. The SMILES string of the molecule is C=C.C=C(/C=C/c1ccc(CC)cc1)NC. The van der Waals surface area contributed by atoms with Crippen LogP contribution >= 0.6 is 0 Å². The summed E-state index contributed by atoms with van der Waals surface area (Å²) in [7, 11) is 1.87. The van der Waals surface area contributed by atoms with Gasteiger partial charge in [-0.3, -0.25) is 0 Å². The zero-order chi connectivity index (χ0) is 12.4. The Morgan fingerprint density at radius 2 is 1.81 bits per heavy atom. The number of nitrogens with one attached hydrogen (secondary N) is 1. The molecule has 0 bridgehead atoms. The molecule has 1 nitrogen and oxygen atoms in total. The molecule has 16 heavy (non-hydrogen) atoms. The highest BCUT2D eigenvalue weighted by Gasteiger charge is 1.89. The zero-order valence-electron chi connectivity index (χ0n) is 10.3. The molecule has 0 aliphatic heterocycles. The Labute approximate surface area is 99.2 Å². The first kappa shape index (κ1) is 14.2. The third-order valence-electron chi connectivity index (χ3n) is 2.19. The smallest absolute Gasteiger partial charge is 0.0264 e. The quantitative estimate of drug-likeness (QED) is 0.595. The van der Waals surface area contributed by atoms with Crippen LogP contribution in [0, 0.1) is 0 Å². The van der Waals surface area contributed by atoms with Gasteiger partial charge in [0, 0.05) is 12.7 Å². The van der Waals surface area contributed by atoms with Gasteiger partial charge in [-0.05, 0) is 23.6 Å². The van der Waals surface area contributed by atoms with Crippen LogP contribution in [0.4, 0.5) is 0 Å². The maximum atomic E-state index is 3.82. The number of benzene rings is 1. The standard InChI is InChI=1S/C13H17N.C2H4/c1-4-12-7-9-13(10-8-12)6-5-11(2)14-3;1-2/h5-10,14H,2,4H2,1,3H3;1-2H2/b6-5+;. The van der Waals surface area contributed by atoms with Gasteiger partial charge in [-0.2, -0.15) is 0 Å². The van der Waals surface area contributed by atoms with Crippen LogP contribution in [-0.4, -0.2) is 7.05 Å². The highest BCUT2D eigenvalue weighted by molar-refractivity contribution is 5.52. The van der Waals surface area contributed by atoms with Gasteiger partial charge in [0.15, 0.2) is 0 Å². The van der Waals surface area contributed by atoms with Gasteiger partial charge in [0.05, 0.1) is 0 Å². The molecule has 0 heterocycles. The molecule has 0 fully saturated rings. The molecule has 1 aromatic rings. The third-order valence-corrected chi connectivity index (χ3v) is 2.19. The summed E-state index contributed by atoms with van der Waals surface area (Å²) in [5, 5.41) is 2.98. The largest absolute Gasteiger partial charge is 0.389 e. The molecule has 0 amide bonds. The second-order valence-corrected chi connectivity index (χ2v) is 3.20. The molecule has 0 aliphatic rings. The summed E-state index contributed by atoms with van der Waals surface area (Å²) >= 11 is 0. The maximum Gasteiger partial charge on any atom is 0.0264 e. The van der Waals surface area contributed by atoms with Crippen molar-refractivity contribution in [2.75, 3.05) is 7.05 Å². The second-order valence-electron chi connectivity index (χ2n) is 3.20. The highest BCUT2D eigenvalue weighted by atomic mass is 14.8. The predicted molar refractivity (Wildman–Crippen MR) is 74.3 cm³/mol. The summed E-state index contributed by atoms with van der Waals surface area (Å²) in [6.45, 7) is 12.0. The summed E-state index contributed by atoms with van der Waals surface area (Å²) < 4.78 is 0. The maximum absolute atomic E-state index is 3.82. The lowest BCUT2D eigenvalue weighted by molar-refractivity contribution is 1.04. The molecule has 0 radical (unpaired) electrons. The van der Waals surface area contributed by atoms with E-state index in [-0.39, 0.29) is 0 Å². The van der Waals surface area contributed by atoms with Gasteiger partial charge < -0.3 is 5.32 Å².